The number of nitrogens with one attached hydrogen (secondary N) is 1. The Hall–Kier alpha value is -2.75. The van der Waals surface area contributed by atoms with E-state index in [2.05, 4.69) is 39.5 Å². The van der Waals surface area contributed by atoms with Gasteiger partial charge >= 0.3 is 0 Å². The van der Waals surface area contributed by atoms with E-state index in [4.69, 9.17) is 0 Å². The van der Waals surface area contributed by atoms with Gasteiger partial charge < -0.3 is 10.2 Å². The number of carbonyl (C=O) groups is 1. The molecule has 1 fully saturated rings. The monoisotopic (exact) mass is 470 g/mol. The first-order valence-electron chi connectivity index (χ1n) is 10.4. The molecule has 168 valence electrons. The van der Waals surface area contributed by atoms with Crippen LogP contribution in [0.3, 0.4) is 0 Å². The maximum Gasteiger partial charge on any atom is 0.228 e. The molecule has 0 atom stereocenters. The van der Waals surface area contributed by atoms with Crippen LogP contribution in [0.25, 0.3) is 0 Å². The van der Waals surface area contributed by atoms with Crippen molar-refractivity contribution in [3.05, 3.63) is 71.2 Å². The number of hydrogen-bond donors (Lipinski definition) is 1. The largest absolute Gasteiger partial charge is 0.340 e. The Labute approximate surface area is 192 Å². The molecular formula is C23H26N4O3S2. The molecule has 7 nitrogen and oxygen atoms in total. The van der Waals surface area contributed by atoms with Gasteiger partial charge in [-0.2, -0.15) is 0 Å². The second-order valence-electron chi connectivity index (χ2n) is 7.88. The minimum absolute atomic E-state index is 0.0960. The summed E-state index contributed by atoms with van der Waals surface area (Å²) < 4.78 is 23.1. The summed E-state index contributed by atoms with van der Waals surface area (Å²) in [6, 6.07) is 16.9. The number of piperazine rings is 1. The standard InChI is InChI=1S/C23H26N4O3S2/c1-32(29,30)21-9-7-19(8-10-21)24-23-25-20(17-31-23)15-22(28)27-13-11-26(12-14-27)16-18-5-3-2-4-6-18/h2-10,17H,11-16H2,1H3,(H,24,25). The average Bonchev–Trinajstić information content (AvgIpc) is 3.21. The van der Waals surface area contributed by atoms with Crippen LogP contribution in [-0.2, 0) is 27.6 Å². The zero-order chi connectivity index (χ0) is 22.6. The Bertz CT molecular complexity index is 1150. The smallest absolute Gasteiger partial charge is 0.228 e. The van der Waals surface area contributed by atoms with Crippen molar-refractivity contribution in [3.63, 3.8) is 0 Å². The molecule has 2 aromatic carbocycles. The number of rotatable bonds is 7. The fourth-order valence-electron chi connectivity index (χ4n) is 3.62. The summed E-state index contributed by atoms with van der Waals surface area (Å²) in [5.74, 6) is 0.0960. The number of sulfone groups is 1. The number of aromatic nitrogens is 1. The second-order valence-corrected chi connectivity index (χ2v) is 10.8. The van der Waals surface area contributed by atoms with Crippen LogP contribution in [0.5, 0.6) is 0 Å². The number of carbonyl (C=O) groups excluding carboxylic acids is 1. The van der Waals surface area contributed by atoms with Crippen LogP contribution >= 0.6 is 11.3 Å². The number of anilines is 2. The van der Waals surface area contributed by atoms with E-state index in [1.807, 2.05) is 16.3 Å². The molecule has 3 aromatic rings. The molecule has 0 spiro atoms. The minimum atomic E-state index is -3.22. The third-order valence-electron chi connectivity index (χ3n) is 5.39. The summed E-state index contributed by atoms with van der Waals surface area (Å²) in [5, 5.41) is 5.73. The SMILES string of the molecule is CS(=O)(=O)c1ccc(Nc2nc(CC(=O)N3CCN(Cc4ccccc4)CC3)cs2)cc1. The highest BCUT2D eigenvalue weighted by molar-refractivity contribution is 7.90. The lowest BCUT2D eigenvalue weighted by Crippen LogP contribution is -2.48. The summed E-state index contributed by atoms with van der Waals surface area (Å²) in [4.78, 5) is 21.8. The molecule has 4 rings (SSSR count). The summed E-state index contributed by atoms with van der Waals surface area (Å²) in [6.45, 7) is 4.11. The van der Waals surface area contributed by atoms with Gasteiger partial charge in [0.05, 0.1) is 17.0 Å². The number of amides is 1. The molecule has 1 amide bonds. The lowest BCUT2D eigenvalue weighted by Gasteiger charge is -2.34. The summed E-state index contributed by atoms with van der Waals surface area (Å²) in [6.07, 6.45) is 1.46. The highest BCUT2D eigenvalue weighted by atomic mass is 32.2. The van der Waals surface area contributed by atoms with Crippen LogP contribution in [0.4, 0.5) is 10.8 Å². The Morgan fingerprint density at radius 3 is 2.38 bits per heavy atom. The number of thiazole rings is 1. The van der Waals surface area contributed by atoms with Gasteiger partial charge in [-0.1, -0.05) is 30.3 Å². The Kier molecular flexibility index (Phi) is 6.88. The molecule has 9 heteroatoms. The molecular weight excluding hydrogens is 444 g/mol. The molecule has 0 bridgehead atoms. The molecule has 0 unspecified atom stereocenters. The van der Waals surface area contributed by atoms with Gasteiger partial charge in [0, 0.05) is 50.0 Å². The summed E-state index contributed by atoms with van der Waals surface area (Å²) in [5.41, 5.74) is 2.78. The summed E-state index contributed by atoms with van der Waals surface area (Å²) >= 11 is 1.42. The van der Waals surface area contributed by atoms with Gasteiger partial charge in [-0.15, -0.1) is 11.3 Å². The van der Waals surface area contributed by atoms with Crippen molar-refractivity contribution in [2.75, 3.05) is 37.8 Å². The highest BCUT2D eigenvalue weighted by Gasteiger charge is 2.22. The maximum absolute atomic E-state index is 12.7. The average molecular weight is 471 g/mol. The van der Waals surface area contributed by atoms with Crippen LogP contribution in [0.15, 0.2) is 64.9 Å². The van der Waals surface area contributed by atoms with Crippen molar-refractivity contribution in [2.24, 2.45) is 0 Å². The molecule has 1 aliphatic rings. The predicted molar refractivity (Wildman–Crippen MR) is 127 cm³/mol. The van der Waals surface area contributed by atoms with Gasteiger partial charge in [-0.25, -0.2) is 13.4 Å². The normalized spacial score (nSPS) is 15.0. The zero-order valence-electron chi connectivity index (χ0n) is 17.9. The van der Waals surface area contributed by atoms with Crippen LogP contribution in [-0.4, -0.2) is 61.5 Å². The predicted octanol–water partition coefficient (Wildman–Crippen LogP) is 3.18. The van der Waals surface area contributed by atoms with Crippen molar-refractivity contribution in [1.82, 2.24) is 14.8 Å². The van der Waals surface area contributed by atoms with Crippen molar-refractivity contribution in [2.45, 2.75) is 17.9 Å². The van der Waals surface area contributed by atoms with Gasteiger partial charge in [-0.3, -0.25) is 9.69 Å². The zero-order valence-corrected chi connectivity index (χ0v) is 19.5. The number of nitrogens with zero attached hydrogens (tertiary/aromatic N) is 3. The fraction of sp³-hybridized carbons (Fsp3) is 0.304. The third kappa shape index (κ3) is 5.93. The Balaban J connectivity index is 1.27. The first kappa shape index (κ1) is 22.4. The van der Waals surface area contributed by atoms with Crippen molar-refractivity contribution < 1.29 is 13.2 Å². The maximum atomic E-state index is 12.7. The number of benzene rings is 2. The van der Waals surface area contributed by atoms with E-state index >= 15 is 0 Å². The van der Waals surface area contributed by atoms with Crippen molar-refractivity contribution in [3.8, 4) is 0 Å². The van der Waals surface area contributed by atoms with E-state index in [0.29, 0.717) is 5.13 Å². The van der Waals surface area contributed by atoms with Crippen LogP contribution in [0.1, 0.15) is 11.3 Å². The molecule has 0 aliphatic carbocycles. The topological polar surface area (TPSA) is 82.6 Å². The molecule has 1 aromatic heterocycles. The van der Waals surface area contributed by atoms with E-state index < -0.39 is 9.84 Å². The van der Waals surface area contributed by atoms with Gasteiger partial charge in [-0.05, 0) is 29.8 Å². The number of hydrogen-bond acceptors (Lipinski definition) is 7. The van der Waals surface area contributed by atoms with E-state index in [-0.39, 0.29) is 17.2 Å². The molecule has 0 radical (unpaired) electrons. The quantitative estimate of drug-likeness (QED) is 0.571. The Morgan fingerprint density at radius 2 is 1.72 bits per heavy atom. The molecule has 2 heterocycles. The van der Waals surface area contributed by atoms with Gasteiger partial charge in [0.25, 0.3) is 0 Å². The van der Waals surface area contributed by atoms with Crippen LogP contribution in [0, 0.1) is 0 Å². The van der Waals surface area contributed by atoms with Gasteiger partial charge in [0.15, 0.2) is 15.0 Å². The van der Waals surface area contributed by atoms with Gasteiger partial charge in [0.2, 0.25) is 5.91 Å². The van der Waals surface area contributed by atoms with E-state index in [1.165, 1.54) is 23.2 Å². The van der Waals surface area contributed by atoms with Crippen LogP contribution in [0.2, 0.25) is 0 Å². The molecule has 1 saturated heterocycles. The lowest BCUT2D eigenvalue weighted by molar-refractivity contribution is -0.132. The summed E-state index contributed by atoms with van der Waals surface area (Å²) in [7, 11) is -3.22. The molecule has 1 N–H and O–H groups in total. The van der Waals surface area contributed by atoms with Crippen molar-refractivity contribution in [1.29, 1.82) is 0 Å². The van der Waals surface area contributed by atoms with E-state index in [1.54, 1.807) is 24.3 Å². The van der Waals surface area contributed by atoms with E-state index in [0.717, 1.165) is 44.1 Å². The first-order chi connectivity index (χ1) is 15.4. The van der Waals surface area contributed by atoms with E-state index in [9.17, 15) is 13.2 Å². The third-order valence-corrected chi connectivity index (χ3v) is 7.33. The van der Waals surface area contributed by atoms with Gasteiger partial charge in [0.1, 0.15) is 0 Å². The molecule has 32 heavy (non-hydrogen) atoms. The second kappa shape index (κ2) is 9.81. The Morgan fingerprint density at radius 1 is 1.03 bits per heavy atom. The molecule has 0 saturated carbocycles. The van der Waals surface area contributed by atoms with Crippen molar-refractivity contribution >= 4 is 37.9 Å². The first-order valence-corrected chi connectivity index (χ1v) is 13.2. The minimum Gasteiger partial charge on any atom is -0.340 e. The highest BCUT2D eigenvalue weighted by Crippen LogP contribution is 2.23. The lowest BCUT2D eigenvalue weighted by atomic mass is 10.2. The molecule has 1 aliphatic heterocycles. The fourth-order valence-corrected chi connectivity index (χ4v) is 4.98. The van der Waals surface area contributed by atoms with Crippen LogP contribution < -0.4 is 5.32 Å².